The molecule has 0 radical (unpaired) electrons. The Morgan fingerprint density at radius 1 is 1.32 bits per heavy atom. The van der Waals surface area contributed by atoms with Crippen LogP contribution in [0, 0.1) is 17.1 Å². The molecule has 0 aromatic heterocycles. The predicted molar refractivity (Wildman–Crippen MR) is 67.6 cm³/mol. The van der Waals surface area contributed by atoms with Crippen LogP contribution in [0.3, 0.4) is 0 Å². The van der Waals surface area contributed by atoms with Gasteiger partial charge in [0.1, 0.15) is 5.82 Å². The minimum Gasteiger partial charge on any atom is -0.381 e. The van der Waals surface area contributed by atoms with E-state index < -0.39 is 20.9 Å². The molecule has 0 saturated carbocycles. The first-order chi connectivity index (χ1) is 9.01. The van der Waals surface area contributed by atoms with Crippen LogP contribution in [0.15, 0.2) is 18.2 Å². The highest BCUT2D eigenvalue weighted by atomic mass is 32.2. The summed E-state index contributed by atoms with van der Waals surface area (Å²) in [6.07, 6.45) is 0.950. The van der Waals surface area contributed by atoms with Gasteiger partial charge in [0.2, 0.25) is 0 Å². The molecule has 0 amide bonds. The molecule has 1 aromatic rings. The first-order valence-corrected chi connectivity index (χ1v) is 7.72. The lowest BCUT2D eigenvalue weighted by molar-refractivity contribution is 0.0983. The maximum Gasteiger partial charge on any atom is 0.157 e. The van der Waals surface area contributed by atoms with E-state index in [-0.39, 0.29) is 11.3 Å². The molecular weight excluding hydrogens is 269 g/mol. The van der Waals surface area contributed by atoms with Crippen LogP contribution in [-0.2, 0) is 20.3 Å². The van der Waals surface area contributed by atoms with Crippen molar-refractivity contribution >= 4 is 9.84 Å². The largest absolute Gasteiger partial charge is 0.381 e. The summed E-state index contributed by atoms with van der Waals surface area (Å²) in [5.41, 5.74) is 0.459. The zero-order valence-electron chi connectivity index (χ0n) is 10.3. The third kappa shape index (κ3) is 3.52. The maximum absolute atomic E-state index is 13.3. The number of ether oxygens (including phenoxy) is 1. The van der Waals surface area contributed by atoms with E-state index in [1.807, 2.05) is 6.07 Å². The highest BCUT2D eigenvalue weighted by molar-refractivity contribution is 7.91. The fourth-order valence-corrected chi connectivity index (χ4v) is 3.96. The van der Waals surface area contributed by atoms with E-state index in [1.54, 1.807) is 0 Å². The van der Waals surface area contributed by atoms with E-state index in [2.05, 4.69) is 0 Å². The van der Waals surface area contributed by atoms with Crippen LogP contribution in [-0.4, -0.2) is 26.9 Å². The number of sulfone groups is 1. The van der Waals surface area contributed by atoms with Crippen LogP contribution in [0.1, 0.15) is 24.0 Å². The molecule has 1 aliphatic rings. The first-order valence-electron chi connectivity index (χ1n) is 6.00. The van der Waals surface area contributed by atoms with E-state index in [1.165, 1.54) is 6.07 Å². The topological polar surface area (TPSA) is 67.2 Å². The van der Waals surface area contributed by atoms with Crippen molar-refractivity contribution in [2.45, 2.75) is 23.8 Å². The van der Waals surface area contributed by atoms with Crippen molar-refractivity contribution in [2.75, 3.05) is 13.2 Å². The summed E-state index contributed by atoms with van der Waals surface area (Å²) in [6, 6.07) is 5.49. The van der Waals surface area contributed by atoms with Crippen LogP contribution in [0.4, 0.5) is 4.39 Å². The summed E-state index contributed by atoms with van der Waals surface area (Å²) in [4.78, 5) is 0. The van der Waals surface area contributed by atoms with Crippen LogP contribution >= 0.6 is 0 Å². The highest BCUT2D eigenvalue weighted by Gasteiger charge is 2.28. The molecule has 1 aromatic carbocycles. The van der Waals surface area contributed by atoms with Gasteiger partial charge >= 0.3 is 0 Å². The van der Waals surface area contributed by atoms with Gasteiger partial charge in [-0.1, -0.05) is 0 Å². The molecule has 1 fully saturated rings. The van der Waals surface area contributed by atoms with Crippen molar-refractivity contribution in [2.24, 2.45) is 0 Å². The molecule has 19 heavy (non-hydrogen) atoms. The van der Waals surface area contributed by atoms with E-state index in [9.17, 15) is 12.8 Å². The average molecular weight is 283 g/mol. The van der Waals surface area contributed by atoms with Gasteiger partial charge in [-0.2, -0.15) is 5.26 Å². The number of hydrogen-bond donors (Lipinski definition) is 0. The minimum absolute atomic E-state index is 0.136. The molecule has 0 bridgehead atoms. The van der Waals surface area contributed by atoms with Gasteiger partial charge in [-0.15, -0.1) is 0 Å². The quantitative estimate of drug-likeness (QED) is 0.848. The number of halogens is 1. The van der Waals surface area contributed by atoms with Crippen LogP contribution < -0.4 is 0 Å². The Labute approximate surface area is 111 Å². The molecule has 0 N–H and O–H groups in total. The zero-order chi connectivity index (χ0) is 13.9. The summed E-state index contributed by atoms with van der Waals surface area (Å²) >= 11 is 0. The molecule has 4 nitrogen and oxygen atoms in total. The van der Waals surface area contributed by atoms with Gasteiger partial charge in [0.15, 0.2) is 9.84 Å². The van der Waals surface area contributed by atoms with Gasteiger partial charge in [-0.05, 0) is 36.6 Å². The van der Waals surface area contributed by atoms with Gasteiger partial charge in [0.25, 0.3) is 0 Å². The SMILES string of the molecule is N#Cc1cc(F)cc(CS(=O)(=O)C2CCOCC2)c1. The normalized spacial score (nSPS) is 17.1. The van der Waals surface area contributed by atoms with E-state index in [0.29, 0.717) is 31.6 Å². The summed E-state index contributed by atoms with van der Waals surface area (Å²) in [7, 11) is -3.33. The molecule has 0 spiro atoms. The Morgan fingerprint density at radius 3 is 2.63 bits per heavy atom. The Bertz CT molecular complexity index is 601. The molecule has 6 heteroatoms. The van der Waals surface area contributed by atoms with Crippen molar-refractivity contribution < 1.29 is 17.5 Å². The standard InChI is InChI=1S/C13H14FNO3S/c14-12-6-10(8-15)5-11(7-12)9-19(16,17)13-1-3-18-4-2-13/h5-7,13H,1-4,9H2. The van der Waals surface area contributed by atoms with Crippen molar-refractivity contribution in [1.82, 2.24) is 0 Å². The second-order valence-electron chi connectivity index (χ2n) is 4.58. The van der Waals surface area contributed by atoms with Crippen molar-refractivity contribution in [3.8, 4) is 6.07 Å². The number of nitriles is 1. The fraction of sp³-hybridized carbons (Fsp3) is 0.462. The van der Waals surface area contributed by atoms with Crippen molar-refractivity contribution in [3.63, 3.8) is 0 Å². The van der Waals surface area contributed by atoms with E-state index >= 15 is 0 Å². The van der Waals surface area contributed by atoms with Gasteiger partial charge in [-0.25, -0.2) is 12.8 Å². The van der Waals surface area contributed by atoms with E-state index in [0.717, 1.165) is 12.1 Å². The molecule has 1 heterocycles. The molecule has 0 aliphatic carbocycles. The monoisotopic (exact) mass is 283 g/mol. The van der Waals surface area contributed by atoms with Crippen LogP contribution in [0.2, 0.25) is 0 Å². The fourth-order valence-electron chi connectivity index (χ4n) is 2.18. The number of rotatable bonds is 3. The molecule has 102 valence electrons. The van der Waals surface area contributed by atoms with Crippen molar-refractivity contribution in [3.05, 3.63) is 35.1 Å². The Balaban J connectivity index is 2.20. The number of benzene rings is 1. The first kappa shape index (κ1) is 14.0. The highest BCUT2D eigenvalue weighted by Crippen LogP contribution is 2.21. The number of nitrogens with zero attached hydrogens (tertiary/aromatic N) is 1. The molecule has 2 rings (SSSR count). The lowest BCUT2D eigenvalue weighted by Crippen LogP contribution is -2.29. The second kappa shape index (κ2) is 5.68. The minimum atomic E-state index is -3.33. The summed E-state index contributed by atoms with van der Waals surface area (Å²) in [5, 5.41) is 8.32. The molecule has 0 unspecified atom stereocenters. The predicted octanol–water partition coefficient (Wildman–Crippen LogP) is 1.79. The average Bonchev–Trinajstić information content (AvgIpc) is 2.38. The molecular formula is C13H14FNO3S. The van der Waals surface area contributed by atoms with Gasteiger partial charge in [-0.3, -0.25) is 0 Å². The second-order valence-corrected chi connectivity index (χ2v) is 6.86. The third-order valence-corrected chi connectivity index (χ3v) is 5.35. The smallest absolute Gasteiger partial charge is 0.157 e. The lowest BCUT2D eigenvalue weighted by atomic mass is 10.1. The van der Waals surface area contributed by atoms with Crippen LogP contribution in [0.5, 0.6) is 0 Å². The van der Waals surface area contributed by atoms with Crippen LogP contribution in [0.25, 0.3) is 0 Å². The molecule has 1 saturated heterocycles. The number of hydrogen-bond acceptors (Lipinski definition) is 4. The van der Waals surface area contributed by atoms with Gasteiger partial charge in [0, 0.05) is 13.2 Å². The lowest BCUT2D eigenvalue weighted by Gasteiger charge is -2.22. The van der Waals surface area contributed by atoms with Gasteiger partial charge in [0.05, 0.1) is 22.6 Å². The maximum atomic E-state index is 13.3. The van der Waals surface area contributed by atoms with Gasteiger partial charge < -0.3 is 4.74 Å². The Kier molecular flexibility index (Phi) is 4.17. The summed E-state index contributed by atoms with van der Waals surface area (Å²) < 4.78 is 42.8. The molecule has 1 aliphatic heterocycles. The summed E-state index contributed by atoms with van der Waals surface area (Å²) in [5.74, 6) is -0.819. The zero-order valence-corrected chi connectivity index (χ0v) is 11.1. The molecule has 0 atom stereocenters. The van der Waals surface area contributed by atoms with E-state index in [4.69, 9.17) is 10.00 Å². The van der Waals surface area contributed by atoms with Crippen molar-refractivity contribution in [1.29, 1.82) is 5.26 Å². The Hall–Kier alpha value is -1.45. The Morgan fingerprint density at radius 2 is 2.00 bits per heavy atom. The summed E-state index contributed by atoms with van der Waals surface area (Å²) in [6.45, 7) is 0.882. The third-order valence-electron chi connectivity index (χ3n) is 3.13.